The monoisotopic (exact) mass is 797 g/mol. The topological polar surface area (TPSA) is 3.24 Å². The number of nitrogens with zero attached hydrogens (tertiary/aromatic N) is 1. The van der Waals surface area contributed by atoms with E-state index in [9.17, 15) is 0 Å². The molecule has 2 heteroatoms. The molecule has 60 heavy (non-hydrogen) atoms. The molecule has 1 aliphatic heterocycles. The lowest BCUT2D eigenvalue weighted by molar-refractivity contribution is -0.0443. The van der Waals surface area contributed by atoms with Crippen LogP contribution in [-0.4, -0.2) is 0 Å². The van der Waals surface area contributed by atoms with E-state index in [1.54, 1.807) is 11.1 Å². The lowest BCUT2D eigenvalue weighted by atomic mass is 9.42. The molecule has 5 aliphatic carbocycles. The standard InChI is InChI=1S/C58H55NS/c1-56(2)28-29-57(3,4)52-35-46(24-26-50(52)56)59(45-22-20-40(21-23-45)39-16-18-42(19-17-39)49-13-9-11-41-10-5-6-12-48(41)49)47-25-27-55-53(36-47)58(51-14-7-8-15-54(51)60-55)43-31-37-30-38(33-43)34-44(58)32-37/h5-27,35-38,43-44H,28-34H2,1-4H3. The summed E-state index contributed by atoms with van der Waals surface area (Å²) in [6.07, 6.45) is 9.44. The van der Waals surface area contributed by atoms with Crippen LogP contribution >= 0.6 is 11.8 Å². The zero-order chi connectivity index (χ0) is 40.4. The van der Waals surface area contributed by atoms with Gasteiger partial charge in [0.2, 0.25) is 0 Å². The third-order valence-electron chi connectivity index (χ3n) is 16.2. The van der Waals surface area contributed by atoms with E-state index in [4.69, 9.17) is 0 Å². The maximum absolute atomic E-state index is 2.66. The second kappa shape index (κ2) is 13.5. The maximum Gasteiger partial charge on any atom is 0.0465 e. The SMILES string of the molecule is CC1(C)CCC(C)(C)c2cc(N(c3ccc(-c4ccc(-c5cccc6ccccc56)cc4)cc3)c3ccc4c(c3)C3(c5ccccc5S4)C4CC5CC(C4)CC3C5)ccc21. The summed E-state index contributed by atoms with van der Waals surface area (Å²) >= 11 is 2.01. The molecule has 0 aromatic heterocycles. The van der Waals surface area contributed by atoms with Crippen molar-refractivity contribution in [2.45, 2.75) is 98.7 Å². The summed E-state index contributed by atoms with van der Waals surface area (Å²) < 4.78 is 0. The first kappa shape index (κ1) is 36.8. The van der Waals surface area contributed by atoms with Crippen LogP contribution < -0.4 is 4.90 Å². The third-order valence-corrected chi connectivity index (χ3v) is 17.3. The molecule has 0 amide bonds. The van der Waals surface area contributed by atoms with Crippen LogP contribution in [0.25, 0.3) is 33.0 Å². The second-order valence-corrected chi connectivity index (χ2v) is 21.5. The summed E-state index contributed by atoms with van der Waals surface area (Å²) in [4.78, 5) is 5.54. The van der Waals surface area contributed by atoms with Crippen molar-refractivity contribution >= 4 is 39.6 Å². The van der Waals surface area contributed by atoms with Gasteiger partial charge < -0.3 is 4.90 Å². The minimum absolute atomic E-state index is 0.0935. The van der Waals surface area contributed by atoms with E-state index in [-0.39, 0.29) is 16.2 Å². The van der Waals surface area contributed by atoms with Crippen LogP contribution in [0.4, 0.5) is 17.1 Å². The minimum Gasteiger partial charge on any atom is -0.310 e. The third kappa shape index (κ3) is 5.59. The zero-order valence-electron chi connectivity index (χ0n) is 35.5. The molecule has 0 N–H and O–H groups in total. The molecule has 1 nitrogen and oxygen atoms in total. The van der Waals surface area contributed by atoms with E-state index in [2.05, 4.69) is 184 Å². The van der Waals surface area contributed by atoms with Crippen LogP contribution in [0.5, 0.6) is 0 Å². The second-order valence-electron chi connectivity index (χ2n) is 20.4. The molecular weight excluding hydrogens is 743 g/mol. The average molecular weight is 798 g/mol. The van der Waals surface area contributed by atoms with Crippen LogP contribution in [0.15, 0.2) is 161 Å². The number of rotatable bonds is 5. The van der Waals surface area contributed by atoms with Gasteiger partial charge in [0.15, 0.2) is 0 Å². The molecule has 7 aromatic carbocycles. The Morgan fingerprint density at radius 3 is 1.73 bits per heavy atom. The van der Waals surface area contributed by atoms with Crippen molar-refractivity contribution in [2.24, 2.45) is 23.7 Å². The summed E-state index contributed by atoms with van der Waals surface area (Å²) in [5, 5.41) is 2.58. The molecule has 13 rings (SSSR count). The van der Waals surface area contributed by atoms with Gasteiger partial charge in [-0.05, 0) is 183 Å². The first-order valence-electron chi connectivity index (χ1n) is 22.7. The highest BCUT2D eigenvalue weighted by atomic mass is 32.2. The average Bonchev–Trinajstić information content (AvgIpc) is 3.27. The van der Waals surface area contributed by atoms with E-state index < -0.39 is 0 Å². The highest BCUT2D eigenvalue weighted by molar-refractivity contribution is 7.99. The van der Waals surface area contributed by atoms with Crippen LogP contribution in [0.2, 0.25) is 0 Å². The molecule has 298 valence electrons. The largest absolute Gasteiger partial charge is 0.310 e. The molecule has 1 spiro atoms. The first-order chi connectivity index (χ1) is 29.2. The number of anilines is 3. The Labute approximate surface area is 361 Å². The lowest BCUT2D eigenvalue weighted by Crippen LogP contribution is -2.57. The van der Waals surface area contributed by atoms with Gasteiger partial charge in [0.1, 0.15) is 0 Å². The van der Waals surface area contributed by atoms with Crippen LogP contribution in [0.3, 0.4) is 0 Å². The molecule has 0 unspecified atom stereocenters. The molecule has 0 atom stereocenters. The Hall–Kier alpha value is -5.05. The summed E-state index contributed by atoms with van der Waals surface area (Å²) in [5.74, 6) is 3.27. The minimum atomic E-state index is 0.0935. The normalized spacial score (nSPS) is 25.1. The predicted molar refractivity (Wildman–Crippen MR) is 253 cm³/mol. The Bertz CT molecular complexity index is 2770. The van der Waals surface area contributed by atoms with Gasteiger partial charge in [-0.2, -0.15) is 0 Å². The fraction of sp³-hybridized carbons (Fsp3) is 0.310. The lowest BCUT2D eigenvalue weighted by Gasteiger charge is -2.63. The van der Waals surface area contributed by atoms with Crippen molar-refractivity contribution < 1.29 is 0 Å². The van der Waals surface area contributed by atoms with Gasteiger partial charge in [0.25, 0.3) is 0 Å². The van der Waals surface area contributed by atoms with E-state index >= 15 is 0 Å². The molecule has 0 radical (unpaired) electrons. The van der Waals surface area contributed by atoms with Crippen LogP contribution in [0.1, 0.15) is 94.9 Å². The molecule has 1 heterocycles. The van der Waals surface area contributed by atoms with Crippen LogP contribution in [0, 0.1) is 23.7 Å². The van der Waals surface area contributed by atoms with E-state index in [1.165, 1.54) is 116 Å². The van der Waals surface area contributed by atoms with Gasteiger partial charge in [-0.15, -0.1) is 0 Å². The fourth-order valence-corrected chi connectivity index (χ4v) is 14.5. The molecule has 4 saturated carbocycles. The van der Waals surface area contributed by atoms with Gasteiger partial charge in [0, 0.05) is 32.3 Å². The molecule has 7 aromatic rings. The molecule has 4 fully saturated rings. The van der Waals surface area contributed by atoms with Crippen molar-refractivity contribution in [1.29, 1.82) is 0 Å². The van der Waals surface area contributed by atoms with E-state index in [0.29, 0.717) is 0 Å². The summed E-state index contributed by atoms with van der Waals surface area (Å²) in [6.45, 7) is 9.79. The molecular formula is C58H55NS. The van der Waals surface area contributed by atoms with Gasteiger partial charge >= 0.3 is 0 Å². The van der Waals surface area contributed by atoms with E-state index in [0.717, 1.165) is 23.7 Å². The van der Waals surface area contributed by atoms with Crippen molar-refractivity contribution in [1.82, 2.24) is 0 Å². The Morgan fingerprint density at radius 1 is 0.450 bits per heavy atom. The number of fused-ring (bicyclic) bond motifs is 4. The van der Waals surface area contributed by atoms with Gasteiger partial charge in [0.05, 0.1) is 0 Å². The number of benzene rings is 7. The Morgan fingerprint density at radius 2 is 1.00 bits per heavy atom. The van der Waals surface area contributed by atoms with Gasteiger partial charge in [-0.25, -0.2) is 0 Å². The van der Waals surface area contributed by atoms with Gasteiger partial charge in [-0.3, -0.25) is 0 Å². The fourth-order valence-electron chi connectivity index (χ4n) is 13.3. The van der Waals surface area contributed by atoms with Crippen molar-refractivity contribution in [2.75, 3.05) is 4.90 Å². The first-order valence-corrected chi connectivity index (χ1v) is 23.5. The maximum atomic E-state index is 2.66. The smallest absolute Gasteiger partial charge is 0.0465 e. The number of hydrogen-bond donors (Lipinski definition) is 0. The molecule has 0 saturated heterocycles. The molecule has 4 bridgehead atoms. The Balaban J connectivity index is 0.980. The van der Waals surface area contributed by atoms with Crippen LogP contribution in [-0.2, 0) is 16.2 Å². The Kier molecular flexibility index (Phi) is 8.26. The predicted octanol–water partition coefficient (Wildman–Crippen LogP) is 16.2. The van der Waals surface area contributed by atoms with Crippen molar-refractivity contribution in [3.05, 3.63) is 174 Å². The zero-order valence-corrected chi connectivity index (χ0v) is 36.4. The summed E-state index contributed by atoms with van der Waals surface area (Å²) in [5.41, 5.74) is 15.4. The van der Waals surface area contributed by atoms with Crippen molar-refractivity contribution in [3.63, 3.8) is 0 Å². The highest BCUT2D eigenvalue weighted by Crippen LogP contribution is 2.69. The number of hydrogen-bond acceptors (Lipinski definition) is 2. The highest BCUT2D eigenvalue weighted by Gasteiger charge is 2.60. The molecule has 6 aliphatic rings. The van der Waals surface area contributed by atoms with Gasteiger partial charge in [-0.1, -0.05) is 143 Å². The quantitative estimate of drug-likeness (QED) is 0.171. The summed E-state index contributed by atoms with van der Waals surface area (Å²) in [7, 11) is 0. The van der Waals surface area contributed by atoms with E-state index in [1.807, 2.05) is 11.8 Å². The van der Waals surface area contributed by atoms with Crippen molar-refractivity contribution in [3.8, 4) is 22.3 Å². The summed E-state index contributed by atoms with van der Waals surface area (Å²) in [6, 6.07) is 58.4.